The summed E-state index contributed by atoms with van der Waals surface area (Å²) in [6.07, 6.45) is 0. The number of nitrogens with one attached hydrogen (secondary N) is 1. The smallest absolute Gasteiger partial charge is 0.296 e. The monoisotopic (exact) mass is 361 g/mol. The molecular weight excluding hydrogens is 348 g/mol. The molecule has 0 unspecified atom stereocenters. The number of carboxylic acids is 1. The molecule has 0 spiro atoms. The van der Waals surface area contributed by atoms with E-state index in [-0.39, 0.29) is 22.7 Å². The van der Waals surface area contributed by atoms with E-state index in [0.29, 0.717) is 10.6 Å². The molecule has 0 saturated carbocycles. The summed E-state index contributed by atoms with van der Waals surface area (Å²) in [6.45, 7) is 0. The molecule has 2 aromatic carbocycles. The van der Waals surface area contributed by atoms with Gasteiger partial charge < -0.3 is 20.0 Å². The molecule has 0 aliphatic carbocycles. The number of methoxy groups -OCH3 is 1. The van der Waals surface area contributed by atoms with Crippen molar-refractivity contribution >= 4 is 35.0 Å². The number of nitro groups is 1. The van der Waals surface area contributed by atoms with Crippen LogP contribution in [0.4, 0.5) is 11.4 Å². The number of nitro benzene ring substituents is 1. The van der Waals surface area contributed by atoms with Crippen molar-refractivity contribution in [1.82, 2.24) is 0 Å². The number of carboxylic acid groups (broad SMARTS) is 1. The highest BCUT2D eigenvalue weighted by Gasteiger charge is 2.17. The first kappa shape index (κ1) is 18.3. The van der Waals surface area contributed by atoms with E-state index in [2.05, 4.69) is 5.32 Å². The molecule has 0 saturated heterocycles. The van der Waals surface area contributed by atoms with Gasteiger partial charge in [-0.3, -0.25) is 14.9 Å². The third-order valence-electron chi connectivity index (χ3n) is 3.14. The molecule has 0 fully saturated rings. The molecular formula is C16H13N2O6S-. The van der Waals surface area contributed by atoms with Crippen LogP contribution in [0.15, 0.2) is 47.4 Å². The maximum absolute atomic E-state index is 12.0. The highest BCUT2D eigenvalue weighted by atomic mass is 32.2. The molecule has 0 aliphatic rings. The van der Waals surface area contributed by atoms with Gasteiger partial charge in [-0.25, -0.2) is 0 Å². The van der Waals surface area contributed by atoms with Crippen molar-refractivity contribution in [2.45, 2.75) is 4.90 Å². The molecule has 130 valence electrons. The van der Waals surface area contributed by atoms with E-state index in [0.717, 1.165) is 11.8 Å². The molecule has 0 aliphatic heterocycles. The molecule has 25 heavy (non-hydrogen) atoms. The van der Waals surface area contributed by atoms with Crippen LogP contribution in [0.25, 0.3) is 0 Å². The SMILES string of the molecule is COc1ccc(NC(=O)CSc2ccccc2C(=O)[O-])c([N+](=O)[O-])c1. The highest BCUT2D eigenvalue weighted by Crippen LogP contribution is 2.29. The summed E-state index contributed by atoms with van der Waals surface area (Å²) >= 11 is 0.997. The summed E-state index contributed by atoms with van der Waals surface area (Å²) in [4.78, 5) is 33.9. The van der Waals surface area contributed by atoms with Gasteiger partial charge in [0, 0.05) is 10.5 Å². The Morgan fingerprint density at radius 2 is 1.96 bits per heavy atom. The van der Waals surface area contributed by atoms with E-state index >= 15 is 0 Å². The van der Waals surface area contributed by atoms with Gasteiger partial charge in [0.25, 0.3) is 5.69 Å². The van der Waals surface area contributed by atoms with Gasteiger partial charge in [0.2, 0.25) is 5.91 Å². The topological polar surface area (TPSA) is 122 Å². The lowest BCUT2D eigenvalue weighted by molar-refractivity contribution is -0.384. The van der Waals surface area contributed by atoms with Crippen molar-refractivity contribution < 1.29 is 24.4 Å². The van der Waals surface area contributed by atoms with Crippen LogP contribution >= 0.6 is 11.8 Å². The van der Waals surface area contributed by atoms with E-state index in [9.17, 15) is 24.8 Å². The predicted molar refractivity (Wildman–Crippen MR) is 89.8 cm³/mol. The van der Waals surface area contributed by atoms with Gasteiger partial charge in [-0.05, 0) is 18.2 Å². The second-order valence-electron chi connectivity index (χ2n) is 4.76. The fraction of sp³-hybridized carbons (Fsp3) is 0.125. The first-order valence-corrected chi connectivity index (χ1v) is 7.96. The third kappa shape index (κ3) is 4.70. The molecule has 0 heterocycles. The second-order valence-corrected chi connectivity index (χ2v) is 5.78. The summed E-state index contributed by atoms with van der Waals surface area (Å²) < 4.78 is 4.92. The van der Waals surface area contributed by atoms with Gasteiger partial charge in [-0.2, -0.15) is 0 Å². The Kier molecular flexibility index (Phi) is 5.96. The largest absolute Gasteiger partial charge is 0.545 e. The van der Waals surface area contributed by atoms with Crippen LogP contribution in [0.3, 0.4) is 0 Å². The van der Waals surface area contributed by atoms with Crippen LogP contribution in [-0.2, 0) is 4.79 Å². The zero-order valence-electron chi connectivity index (χ0n) is 13.1. The number of amides is 1. The molecule has 0 bridgehead atoms. The maximum Gasteiger partial charge on any atom is 0.296 e. The average Bonchev–Trinajstić information content (AvgIpc) is 2.60. The number of anilines is 1. The van der Waals surface area contributed by atoms with E-state index in [1.165, 1.54) is 31.4 Å². The summed E-state index contributed by atoms with van der Waals surface area (Å²) in [7, 11) is 1.38. The van der Waals surface area contributed by atoms with Crippen molar-refractivity contribution in [2.24, 2.45) is 0 Å². The van der Waals surface area contributed by atoms with Crippen LogP contribution in [-0.4, -0.2) is 29.7 Å². The molecule has 0 atom stereocenters. The second kappa shape index (κ2) is 8.15. The number of hydrogen-bond donors (Lipinski definition) is 1. The minimum Gasteiger partial charge on any atom is -0.545 e. The Balaban J connectivity index is 2.09. The molecule has 2 aromatic rings. The van der Waals surface area contributed by atoms with Crippen molar-refractivity contribution in [3.63, 3.8) is 0 Å². The number of hydrogen-bond acceptors (Lipinski definition) is 7. The minimum atomic E-state index is -1.34. The lowest BCUT2D eigenvalue weighted by atomic mass is 10.2. The van der Waals surface area contributed by atoms with Gasteiger partial charge in [0.15, 0.2) is 0 Å². The average molecular weight is 361 g/mol. The standard InChI is InChI=1S/C16H14N2O6S/c1-24-10-6-7-12(13(8-10)18(22)23)17-15(19)9-25-14-5-3-2-4-11(14)16(20)21/h2-8H,9H2,1H3,(H,17,19)(H,20,21)/p-1. The lowest BCUT2D eigenvalue weighted by Crippen LogP contribution is -2.23. The Labute approximate surface area is 147 Å². The lowest BCUT2D eigenvalue weighted by Gasteiger charge is -2.10. The number of ether oxygens (including phenoxy) is 1. The van der Waals surface area contributed by atoms with Crippen molar-refractivity contribution in [3.05, 3.63) is 58.1 Å². The van der Waals surface area contributed by atoms with Crippen LogP contribution < -0.4 is 15.2 Å². The summed E-state index contributed by atoms with van der Waals surface area (Å²) in [5.74, 6) is -1.67. The molecule has 0 radical (unpaired) electrons. The Morgan fingerprint density at radius 3 is 2.60 bits per heavy atom. The van der Waals surface area contributed by atoms with Crippen LogP contribution in [0, 0.1) is 10.1 Å². The first-order chi connectivity index (χ1) is 11.9. The zero-order chi connectivity index (χ0) is 18.4. The number of carbonyl (C=O) groups excluding carboxylic acids is 2. The minimum absolute atomic E-state index is 0.0178. The Morgan fingerprint density at radius 1 is 1.24 bits per heavy atom. The number of thioether (sulfide) groups is 1. The maximum atomic E-state index is 12.0. The van der Waals surface area contributed by atoms with E-state index in [1.54, 1.807) is 18.2 Å². The van der Waals surface area contributed by atoms with Crippen LogP contribution in [0.1, 0.15) is 10.4 Å². The first-order valence-electron chi connectivity index (χ1n) is 6.98. The predicted octanol–water partition coefficient (Wildman–Crippen LogP) is 1.70. The van der Waals surface area contributed by atoms with Crippen molar-refractivity contribution in [1.29, 1.82) is 0 Å². The number of benzene rings is 2. The Bertz CT molecular complexity index is 824. The van der Waals surface area contributed by atoms with Gasteiger partial charge in [0.05, 0.1) is 29.8 Å². The zero-order valence-corrected chi connectivity index (χ0v) is 13.9. The summed E-state index contributed by atoms with van der Waals surface area (Å²) in [5.41, 5.74) is -0.284. The van der Waals surface area contributed by atoms with Crippen molar-refractivity contribution in [3.8, 4) is 5.75 Å². The van der Waals surface area contributed by atoms with Gasteiger partial charge >= 0.3 is 0 Å². The van der Waals surface area contributed by atoms with Gasteiger partial charge in [-0.1, -0.05) is 18.2 Å². The molecule has 1 amide bonds. The Hall–Kier alpha value is -3.07. The quantitative estimate of drug-likeness (QED) is 0.452. The van der Waals surface area contributed by atoms with Crippen LogP contribution in [0.5, 0.6) is 5.75 Å². The number of rotatable bonds is 7. The third-order valence-corrected chi connectivity index (χ3v) is 4.21. The van der Waals surface area contributed by atoms with E-state index < -0.39 is 16.8 Å². The fourth-order valence-corrected chi connectivity index (χ4v) is 2.83. The van der Waals surface area contributed by atoms with Crippen LogP contribution in [0.2, 0.25) is 0 Å². The van der Waals surface area contributed by atoms with E-state index in [4.69, 9.17) is 4.74 Å². The van der Waals surface area contributed by atoms with Gasteiger partial charge in [0.1, 0.15) is 11.4 Å². The van der Waals surface area contributed by atoms with E-state index in [1.807, 2.05) is 0 Å². The normalized spacial score (nSPS) is 10.1. The van der Waals surface area contributed by atoms with Crippen molar-refractivity contribution in [2.75, 3.05) is 18.2 Å². The molecule has 0 aromatic heterocycles. The molecule has 1 N–H and O–H groups in total. The number of nitrogens with zero attached hydrogens (tertiary/aromatic N) is 1. The molecule has 2 rings (SSSR count). The summed E-state index contributed by atoms with van der Waals surface area (Å²) in [5, 5.41) is 24.6. The molecule has 9 heteroatoms. The highest BCUT2D eigenvalue weighted by molar-refractivity contribution is 8.00. The number of carbonyl (C=O) groups is 2. The fourth-order valence-electron chi connectivity index (χ4n) is 1.99. The van der Waals surface area contributed by atoms with Gasteiger partial charge in [-0.15, -0.1) is 11.8 Å². The molecule has 8 nitrogen and oxygen atoms in total. The number of aromatic carboxylic acids is 1. The summed E-state index contributed by atoms with van der Waals surface area (Å²) in [6, 6.07) is 10.2.